The van der Waals surface area contributed by atoms with E-state index < -0.39 is 0 Å². The smallest absolute Gasteiger partial charge is 0.253 e. The van der Waals surface area contributed by atoms with Crippen molar-refractivity contribution >= 4 is 5.91 Å². The van der Waals surface area contributed by atoms with Crippen LogP contribution in [0.25, 0.3) is 0 Å². The second kappa shape index (κ2) is 8.79. The van der Waals surface area contributed by atoms with Gasteiger partial charge in [0, 0.05) is 49.5 Å². The Labute approximate surface area is 176 Å². The zero-order valence-corrected chi connectivity index (χ0v) is 17.5. The average molecular weight is 407 g/mol. The fourth-order valence-electron chi connectivity index (χ4n) is 3.97. The first-order valence-electron chi connectivity index (χ1n) is 10.3. The number of amides is 1. The van der Waals surface area contributed by atoms with E-state index in [2.05, 4.69) is 16.1 Å². The summed E-state index contributed by atoms with van der Waals surface area (Å²) in [5.41, 5.74) is 4.57. The van der Waals surface area contributed by atoms with Crippen molar-refractivity contribution in [3.8, 4) is 0 Å². The first-order valence-corrected chi connectivity index (χ1v) is 10.3. The second-order valence-electron chi connectivity index (χ2n) is 7.94. The molecule has 1 saturated heterocycles. The summed E-state index contributed by atoms with van der Waals surface area (Å²) in [4.78, 5) is 17.1. The Morgan fingerprint density at radius 1 is 0.967 bits per heavy atom. The quantitative estimate of drug-likeness (QED) is 0.650. The molecule has 2 heterocycles. The van der Waals surface area contributed by atoms with Crippen LogP contribution in [-0.4, -0.2) is 51.7 Å². The van der Waals surface area contributed by atoms with Crippen molar-refractivity contribution in [2.75, 3.05) is 26.2 Å². The Balaban J connectivity index is 1.37. The number of carbonyl (C=O) groups excluding carboxylic acids is 1. The summed E-state index contributed by atoms with van der Waals surface area (Å²) in [5, 5.41) is 4.51. The number of piperazine rings is 1. The molecule has 156 valence electrons. The highest BCUT2D eigenvalue weighted by Crippen LogP contribution is 2.15. The number of hydrogen-bond acceptors (Lipinski definition) is 3. The van der Waals surface area contributed by atoms with Crippen molar-refractivity contribution in [3.05, 3.63) is 88.5 Å². The van der Waals surface area contributed by atoms with E-state index in [1.54, 1.807) is 6.07 Å². The minimum atomic E-state index is -0.171. The van der Waals surface area contributed by atoms with Crippen molar-refractivity contribution in [2.45, 2.75) is 26.9 Å². The van der Waals surface area contributed by atoms with Gasteiger partial charge in [-0.05, 0) is 43.7 Å². The summed E-state index contributed by atoms with van der Waals surface area (Å²) in [7, 11) is 0. The molecule has 1 aliphatic rings. The summed E-state index contributed by atoms with van der Waals surface area (Å²) in [5.74, 6) is -0.119. The van der Waals surface area contributed by atoms with Gasteiger partial charge >= 0.3 is 0 Å². The summed E-state index contributed by atoms with van der Waals surface area (Å²) in [6.07, 6.45) is 0. The number of nitrogens with zero attached hydrogens (tertiary/aromatic N) is 4. The molecule has 3 aromatic rings. The summed E-state index contributed by atoms with van der Waals surface area (Å²) in [6.45, 7) is 8.02. The van der Waals surface area contributed by atoms with Gasteiger partial charge in [0.2, 0.25) is 0 Å². The van der Waals surface area contributed by atoms with Crippen LogP contribution in [0.15, 0.2) is 54.6 Å². The van der Waals surface area contributed by atoms with Gasteiger partial charge in [-0.15, -0.1) is 0 Å². The third-order valence-electron chi connectivity index (χ3n) is 5.62. The topological polar surface area (TPSA) is 41.4 Å². The molecule has 30 heavy (non-hydrogen) atoms. The standard InChI is InChI=1S/C24H27FN4O/c1-18-14-19(2)29(26-18)16-20-6-5-8-21(15-20)24(30)28-12-10-27(11-13-28)17-22-7-3-4-9-23(22)25/h3-9,14-15H,10-13,16-17H2,1-2H3. The Bertz CT molecular complexity index is 1040. The van der Waals surface area contributed by atoms with E-state index in [4.69, 9.17) is 0 Å². The molecule has 0 aliphatic carbocycles. The fraction of sp³-hybridized carbons (Fsp3) is 0.333. The zero-order valence-electron chi connectivity index (χ0n) is 17.5. The van der Waals surface area contributed by atoms with Crippen LogP contribution < -0.4 is 0 Å². The molecule has 0 radical (unpaired) electrons. The van der Waals surface area contributed by atoms with Crippen LogP contribution >= 0.6 is 0 Å². The lowest BCUT2D eigenvalue weighted by atomic mass is 10.1. The highest BCUT2D eigenvalue weighted by atomic mass is 19.1. The van der Waals surface area contributed by atoms with E-state index in [0.717, 1.165) is 30.0 Å². The van der Waals surface area contributed by atoms with E-state index in [0.29, 0.717) is 37.3 Å². The van der Waals surface area contributed by atoms with Gasteiger partial charge < -0.3 is 4.90 Å². The van der Waals surface area contributed by atoms with Gasteiger partial charge in [0.15, 0.2) is 0 Å². The SMILES string of the molecule is Cc1cc(C)n(Cc2cccc(C(=O)N3CCN(Cc4ccccc4F)CC3)c2)n1. The molecule has 0 saturated carbocycles. The van der Waals surface area contributed by atoms with Gasteiger partial charge in [0.25, 0.3) is 5.91 Å². The lowest BCUT2D eigenvalue weighted by molar-refractivity contribution is 0.0627. The van der Waals surface area contributed by atoms with Crippen molar-refractivity contribution in [3.63, 3.8) is 0 Å². The van der Waals surface area contributed by atoms with Crippen molar-refractivity contribution in [1.82, 2.24) is 19.6 Å². The number of benzene rings is 2. The molecule has 1 fully saturated rings. The molecular weight excluding hydrogens is 379 g/mol. The average Bonchev–Trinajstić information content (AvgIpc) is 3.06. The molecular formula is C24H27FN4O. The van der Waals surface area contributed by atoms with E-state index in [1.807, 2.05) is 59.8 Å². The van der Waals surface area contributed by atoms with Crippen LogP contribution in [0.3, 0.4) is 0 Å². The molecule has 6 heteroatoms. The Kier molecular flexibility index (Phi) is 5.95. The number of halogens is 1. The predicted octanol–water partition coefficient (Wildman–Crippen LogP) is 3.65. The zero-order chi connectivity index (χ0) is 21.1. The Morgan fingerprint density at radius 2 is 1.73 bits per heavy atom. The number of aryl methyl sites for hydroxylation is 2. The van der Waals surface area contributed by atoms with E-state index in [9.17, 15) is 9.18 Å². The lowest BCUT2D eigenvalue weighted by Crippen LogP contribution is -2.48. The molecule has 0 N–H and O–H groups in total. The van der Waals surface area contributed by atoms with Crippen LogP contribution in [-0.2, 0) is 13.1 Å². The maximum absolute atomic E-state index is 13.9. The molecule has 0 atom stereocenters. The maximum atomic E-state index is 13.9. The molecule has 0 bridgehead atoms. The highest BCUT2D eigenvalue weighted by Gasteiger charge is 2.23. The second-order valence-corrected chi connectivity index (χ2v) is 7.94. The lowest BCUT2D eigenvalue weighted by Gasteiger charge is -2.35. The first-order chi connectivity index (χ1) is 14.5. The molecule has 1 aliphatic heterocycles. The highest BCUT2D eigenvalue weighted by molar-refractivity contribution is 5.94. The number of rotatable bonds is 5. The van der Waals surface area contributed by atoms with Crippen LogP contribution in [0.4, 0.5) is 4.39 Å². The van der Waals surface area contributed by atoms with E-state index in [1.165, 1.54) is 6.07 Å². The minimum Gasteiger partial charge on any atom is -0.336 e. The van der Waals surface area contributed by atoms with E-state index in [-0.39, 0.29) is 11.7 Å². The van der Waals surface area contributed by atoms with Gasteiger partial charge in [-0.1, -0.05) is 30.3 Å². The number of hydrogen-bond donors (Lipinski definition) is 0. The molecule has 0 unspecified atom stereocenters. The van der Waals surface area contributed by atoms with Gasteiger partial charge in [0.1, 0.15) is 5.82 Å². The molecule has 1 amide bonds. The molecule has 5 nitrogen and oxygen atoms in total. The normalized spacial score (nSPS) is 14.8. The van der Waals surface area contributed by atoms with Crippen molar-refractivity contribution in [1.29, 1.82) is 0 Å². The van der Waals surface area contributed by atoms with Gasteiger partial charge in [-0.3, -0.25) is 14.4 Å². The van der Waals surface area contributed by atoms with Crippen LogP contribution in [0.1, 0.15) is 32.9 Å². The fourth-order valence-corrected chi connectivity index (χ4v) is 3.97. The summed E-state index contributed by atoms with van der Waals surface area (Å²) in [6, 6.07) is 16.7. The number of carbonyl (C=O) groups is 1. The van der Waals surface area contributed by atoms with Gasteiger partial charge in [-0.2, -0.15) is 5.10 Å². The van der Waals surface area contributed by atoms with Crippen molar-refractivity contribution < 1.29 is 9.18 Å². The predicted molar refractivity (Wildman–Crippen MR) is 115 cm³/mol. The largest absolute Gasteiger partial charge is 0.336 e. The van der Waals surface area contributed by atoms with Crippen LogP contribution in [0, 0.1) is 19.7 Å². The Hall–Kier alpha value is -2.99. The molecule has 0 spiro atoms. The van der Waals surface area contributed by atoms with Gasteiger partial charge in [0.05, 0.1) is 12.2 Å². The van der Waals surface area contributed by atoms with Crippen LogP contribution in [0.5, 0.6) is 0 Å². The molecule has 2 aromatic carbocycles. The van der Waals surface area contributed by atoms with Gasteiger partial charge in [-0.25, -0.2) is 4.39 Å². The third-order valence-corrected chi connectivity index (χ3v) is 5.62. The Morgan fingerprint density at radius 3 is 2.43 bits per heavy atom. The molecule has 4 rings (SSSR count). The molecule has 1 aromatic heterocycles. The van der Waals surface area contributed by atoms with Crippen LogP contribution in [0.2, 0.25) is 0 Å². The monoisotopic (exact) mass is 406 g/mol. The number of aromatic nitrogens is 2. The summed E-state index contributed by atoms with van der Waals surface area (Å²) >= 11 is 0. The van der Waals surface area contributed by atoms with Crippen molar-refractivity contribution in [2.24, 2.45) is 0 Å². The maximum Gasteiger partial charge on any atom is 0.253 e. The minimum absolute atomic E-state index is 0.0516. The van der Waals surface area contributed by atoms with E-state index >= 15 is 0 Å². The first kappa shape index (κ1) is 20.3. The summed E-state index contributed by atoms with van der Waals surface area (Å²) < 4.78 is 15.9. The third kappa shape index (κ3) is 4.60.